The lowest BCUT2D eigenvalue weighted by atomic mass is 10.0. The van der Waals surface area contributed by atoms with Crippen molar-refractivity contribution in [1.82, 2.24) is 0 Å². The molecule has 15 heavy (non-hydrogen) atoms. The third-order valence-corrected chi connectivity index (χ3v) is 2.33. The summed E-state index contributed by atoms with van der Waals surface area (Å²) in [7, 11) is 0. The summed E-state index contributed by atoms with van der Waals surface area (Å²) < 4.78 is 0. The van der Waals surface area contributed by atoms with Crippen LogP contribution in [-0.2, 0) is 0 Å². The van der Waals surface area contributed by atoms with Crippen LogP contribution < -0.4 is 0 Å². The Morgan fingerprint density at radius 2 is 1.80 bits per heavy atom. The molecule has 0 amide bonds. The molecule has 0 bridgehead atoms. The zero-order valence-electron chi connectivity index (χ0n) is 9.16. The first-order valence-corrected chi connectivity index (χ1v) is 5.15. The highest BCUT2D eigenvalue weighted by molar-refractivity contribution is 5.88. The maximum atomic E-state index is 10.6. The van der Waals surface area contributed by atoms with Gasteiger partial charge in [-0.3, -0.25) is 0 Å². The van der Waals surface area contributed by atoms with Crippen molar-refractivity contribution in [3.63, 3.8) is 0 Å². The molecule has 2 nitrogen and oxygen atoms in total. The Bertz CT molecular complexity index is 361. The summed E-state index contributed by atoms with van der Waals surface area (Å²) in [5.74, 6) is -0.878. The van der Waals surface area contributed by atoms with Crippen LogP contribution in [0, 0.1) is 0 Å². The lowest BCUT2D eigenvalue weighted by molar-refractivity contribution is 0.0697. The SMILES string of the molecule is CCC/C=C(/C)c1ccc(C(=O)O)cc1. The highest BCUT2D eigenvalue weighted by atomic mass is 16.4. The van der Waals surface area contributed by atoms with E-state index >= 15 is 0 Å². The molecule has 0 saturated carbocycles. The van der Waals surface area contributed by atoms with E-state index < -0.39 is 5.97 Å². The van der Waals surface area contributed by atoms with Gasteiger partial charge >= 0.3 is 5.97 Å². The highest BCUT2D eigenvalue weighted by Gasteiger charge is 2.01. The van der Waals surface area contributed by atoms with Gasteiger partial charge in [-0.2, -0.15) is 0 Å². The quantitative estimate of drug-likeness (QED) is 0.813. The van der Waals surface area contributed by atoms with E-state index in [-0.39, 0.29) is 0 Å². The van der Waals surface area contributed by atoms with Crippen LogP contribution >= 0.6 is 0 Å². The predicted octanol–water partition coefficient (Wildman–Crippen LogP) is 3.59. The molecule has 1 N–H and O–H groups in total. The van der Waals surface area contributed by atoms with E-state index in [1.165, 1.54) is 5.57 Å². The summed E-state index contributed by atoms with van der Waals surface area (Å²) in [6.45, 7) is 4.18. The second kappa shape index (κ2) is 5.35. The number of hydrogen-bond acceptors (Lipinski definition) is 1. The Morgan fingerprint density at radius 3 is 2.27 bits per heavy atom. The third-order valence-electron chi connectivity index (χ3n) is 2.33. The van der Waals surface area contributed by atoms with Crippen molar-refractivity contribution in [3.8, 4) is 0 Å². The van der Waals surface area contributed by atoms with E-state index in [0.717, 1.165) is 18.4 Å². The van der Waals surface area contributed by atoms with E-state index in [1.54, 1.807) is 12.1 Å². The highest BCUT2D eigenvalue weighted by Crippen LogP contribution is 2.15. The number of unbranched alkanes of at least 4 members (excludes halogenated alkanes) is 1. The molecule has 2 heteroatoms. The third kappa shape index (κ3) is 3.24. The summed E-state index contributed by atoms with van der Waals surface area (Å²) in [5.41, 5.74) is 2.63. The first-order valence-electron chi connectivity index (χ1n) is 5.15. The number of benzene rings is 1. The Kier molecular flexibility index (Phi) is 4.10. The first-order chi connectivity index (χ1) is 7.15. The zero-order chi connectivity index (χ0) is 11.3. The van der Waals surface area contributed by atoms with Crippen molar-refractivity contribution in [1.29, 1.82) is 0 Å². The van der Waals surface area contributed by atoms with Gasteiger partial charge in [-0.1, -0.05) is 31.6 Å². The van der Waals surface area contributed by atoms with Gasteiger partial charge in [0.1, 0.15) is 0 Å². The molecule has 0 atom stereocenters. The molecular formula is C13H16O2. The van der Waals surface area contributed by atoms with Crippen molar-refractivity contribution >= 4 is 11.5 Å². The van der Waals surface area contributed by atoms with Gasteiger partial charge < -0.3 is 5.11 Å². The molecular weight excluding hydrogens is 188 g/mol. The molecule has 0 fully saturated rings. The van der Waals surface area contributed by atoms with Crippen LogP contribution in [0.5, 0.6) is 0 Å². The topological polar surface area (TPSA) is 37.3 Å². The predicted molar refractivity (Wildman–Crippen MR) is 62.0 cm³/mol. The molecule has 80 valence electrons. The van der Waals surface area contributed by atoms with Crippen LogP contribution in [0.25, 0.3) is 5.57 Å². The van der Waals surface area contributed by atoms with E-state index in [2.05, 4.69) is 13.0 Å². The van der Waals surface area contributed by atoms with Crippen LogP contribution in [-0.4, -0.2) is 11.1 Å². The van der Waals surface area contributed by atoms with Gasteiger partial charge in [0.15, 0.2) is 0 Å². The number of carbonyl (C=O) groups is 1. The molecule has 0 aliphatic carbocycles. The van der Waals surface area contributed by atoms with Crippen molar-refractivity contribution in [2.45, 2.75) is 26.7 Å². The van der Waals surface area contributed by atoms with Crippen LogP contribution in [0.15, 0.2) is 30.3 Å². The average Bonchev–Trinajstić information content (AvgIpc) is 2.26. The Balaban J connectivity index is 2.84. The molecule has 0 saturated heterocycles. The molecule has 1 rings (SSSR count). The maximum Gasteiger partial charge on any atom is 0.335 e. The Labute approximate surface area is 90.3 Å². The maximum absolute atomic E-state index is 10.6. The summed E-state index contributed by atoms with van der Waals surface area (Å²) in [6, 6.07) is 6.98. The lowest BCUT2D eigenvalue weighted by Crippen LogP contribution is -1.95. The smallest absolute Gasteiger partial charge is 0.335 e. The molecule has 0 unspecified atom stereocenters. The molecule has 0 aliphatic heterocycles. The Morgan fingerprint density at radius 1 is 1.27 bits per heavy atom. The molecule has 0 heterocycles. The van der Waals surface area contributed by atoms with E-state index in [1.807, 2.05) is 19.1 Å². The van der Waals surface area contributed by atoms with Gasteiger partial charge in [0.25, 0.3) is 0 Å². The average molecular weight is 204 g/mol. The van der Waals surface area contributed by atoms with Crippen molar-refractivity contribution in [2.75, 3.05) is 0 Å². The van der Waals surface area contributed by atoms with Crippen molar-refractivity contribution < 1.29 is 9.90 Å². The molecule has 1 aromatic rings. The van der Waals surface area contributed by atoms with Gasteiger partial charge in [-0.15, -0.1) is 0 Å². The number of hydrogen-bond donors (Lipinski definition) is 1. The summed E-state index contributed by atoms with van der Waals surface area (Å²) in [4.78, 5) is 10.6. The summed E-state index contributed by atoms with van der Waals surface area (Å²) in [5, 5.41) is 8.74. The number of aromatic carboxylic acids is 1. The van der Waals surface area contributed by atoms with Crippen molar-refractivity contribution in [3.05, 3.63) is 41.5 Å². The fraction of sp³-hybridized carbons (Fsp3) is 0.308. The van der Waals surface area contributed by atoms with Gasteiger partial charge in [0.2, 0.25) is 0 Å². The minimum atomic E-state index is -0.878. The Hall–Kier alpha value is -1.57. The monoisotopic (exact) mass is 204 g/mol. The second-order valence-corrected chi connectivity index (χ2v) is 3.56. The zero-order valence-corrected chi connectivity index (χ0v) is 9.16. The number of rotatable bonds is 4. The minimum Gasteiger partial charge on any atom is -0.478 e. The van der Waals surface area contributed by atoms with E-state index in [9.17, 15) is 4.79 Å². The standard InChI is InChI=1S/C13H16O2/c1-3-4-5-10(2)11-6-8-12(9-7-11)13(14)15/h5-9H,3-4H2,1-2H3,(H,14,15)/b10-5-. The number of allylic oxidation sites excluding steroid dienone is 2. The molecule has 0 aromatic heterocycles. The van der Waals surface area contributed by atoms with Crippen LogP contribution in [0.4, 0.5) is 0 Å². The minimum absolute atomic E-state index is 0.335. The largest absolute Gasteiger partial charge is 0.478 e. The van der Waals surface area contributed by atoms with Crippen LogP contribution in [0.3, 0.4) is 0 Å². The molecule has 0 radical (unpaired) electrons. The van der Waals surface area contributed by atoms with Gasteiger partial charge in [0.05, 0.1) is 5.56 Å². The van der Waals surface area contributed by atoms with Gasteiger partial charge in [-0.05, 0) is 36.6 Å². The first kappa shape index (κ1) is 11.5. The van der Waals surface area contributed by atoms with Crippen LogP contribution in [0.2, 0.25) is 0 Å². The number of carboxylic acids is 1. The normalized spacial score (nSPS) is 11.5. The van der Waals surface area contributed by atoms with Gasteiger partial charge in [-0.25, -0.2) is 4.79 Å². The molecule has 1 aromatic carbocycles. The van der Waals surface area contributed by atoms with E-state index in [4.69, 9.17) is 5.11 Å². The van der Waals surface area contributed by atoms with Crippen LogP contribution in [0.1, 0.15) is 42.6 Å². The van der Waals surface area contributed by atoms with Gasteiger partial charge in [0, 0.05) is 0 Å². The summed E-state index contributed by atoms with van der Waals surface area (Å²) in [6.07, 6.45) is 4.37. The summed E-state index contributed by atoms with van der Waals surface area (Å²) >= 11 is 0. The lowest BCUT2D eigenvalue weighted by Gasteiger charge is -2.02. The van der Waals surface area contributed by atoms with E-state index in [0.29, 0.717) is 5.56 Å². The fourth-order valence-electron chi connectivity index (χ4n) is 1.35. The molecule has 0 aliphatic rings. The fourth-order valence-corrected chi connectivity index (χ4v) is 1.35. The molecule has 0 spiro atoms. The van der Waals surface area contributed by atoms with Crippen molar-refractivity contribution in [2.24, 2.45) is 0 Å². The number of carboxylic acid groups (broad SMARTS) is 1. The second-order valence-electron chi connectivity index (χ2n) is 3.56.